The molecule has 38 heavy (non-hydrogen) atoms. The molecule has 1 aliphatic rings. The fourth-order valence-electron chi connectivity index (χ4n) is 3.90. The summed E-state index contributed by atoms with van der Waals surface area (Å²) in [5, 5.41) is 2.84. The Morgan fingerprint density at radius 1 is 0.974 bits per heavy atom. The molecule has 6 nitrogen and oxygen atoms in total. The quantitative estimate of drug-likeness (QED) is 0.231. The Morgan fingerprint density at radius 3 is 2.45 bits per heavy atom. The highest BCUT2D eigenvalue weighted by molar-refractivity contribution is 8.26. The molecule has 0 saturated carbocycles. The van der Waals surface area contributed by atoms with Gasteiger partial charge in [-0.1, -0.05) is 79.4 Å². The molecule has 0 radical (unpaired) electrons. The molecular formula is C30H30N2O4S2. The van der Waals surface area contributed by atoms with Crippen LogP contribution in [0.5, 0.6) is 11.5 Å². The van der Waals surface area contributed by atoms with Crippen LogP contribution in [0.25, 0.3) is 6.08 Å². The second-order valence-electron chi connectivity index (χ2n) is 8.60. The second-order valence-corrected chi connectivity index (χ2v) is 10.3. The van der Waals surface area contributed by atoms with Gasteiger partial charge in [0.15, 0.2) is 18.1 Å². The van der Waals surface area contributed by atoms with Gasteiger partial charge in [0.25, 0.3) is 11.8 Å². The Hall–Kier alpha value is -3.62. The summed E-state index contributed by atoms with van der Waals surface area (Å²) in [6.45, 7) is 4.77. The maximum absolute atomic E-state index is 13.0. The largest absolute Gasteiger partial charge is 0.490 e. The average Bonchev–Trinajstić information content (AvgIpc) is 3.19. The first kappa shape index (κ1) is 27.4. The number of carbonyl (C=O) groups excluding carboxylic acids is 2. The summed E-state index contributed by atoms with van der Waals surface area (Å²) in [4.78, 5) is 27.6. The van der Waals surface area contributed by atoms with Gasteiger partial charge >= 0.3 is 0 Å². The highest BCUT2D eigenvalue weighted by Gasteiger charge is 2.31. The number of carbonyl (C=O) groups is 2. The number of amides is 2. The molecule has 2 amide bonds. The van der Waals surface area contributed by atoms with Gasteiger partial charge < -0.3 is 14.8 Å². The highest BCUT2D eigenvalue weighted by atomic mass is 32.2. The molecule has 8 heteroatoms. The number of rotatable bonds is 11. The van der Waals surface area contributed by atoms with E-state index in [9.17, 15) is 9.59 Å². The van der Waals surface area contributed by atoms with Gasteiger partial charge in [0.1, 0.15) is 4.32 Å². The Labute approximate surface area is 233 Å². The Bertz CT molecular complexity index is 1320. The number of ether oxygens (including phenoxy) is 2. The van der Waals surface area contributed by atoms with Crippen molar-refractivity contribution in [3.8, 4) is 11.5 Å². The van der Waals surface area contributed by atoms with E-state index in [1.807, 2.05) is 67.6 Å². The fourth-order valence-corrected chi connectivity index (χ4v) is 5.20. The molecule has 0 unspecified atom stereocenters. The summed E-state index contributed by atoms with van der Waals surface area (Å²) in [6.07, 6.45) is 3.48. The highest BCUT2D eigenvalue weighted by Crippen LogP contribution is 2.35. The van der Waals surface area contributed by atoms with Gasteiger partial charge in [-0.2, -0.15) is 0 Å². The molecule has 0 aliphatic carbocycles. The molecule has 4 rings (SSSR count). The van der Waals surface area contributed by atoms with Crippen LogP contribution in [0, 0.1) is 0 Å². The van der Waals surface area contributed by atoms with Gasteiger partial charge in [-0.25, -0.2) is 0 Å². The molecule has 0 aromatic heterocycles. The van der Waals surface area contributed by atoms with E-state index >= 15 is 0 Å². The summed E-state index contributed by atoms with van der Waals surface area (Å²) in [7, 11) is 0. The zero-order valence-electron chi connectivity index (χ0n) is 21.4. The number of benzene rings is 3. The normalized spacial score (nSPS) is 14.2. The van der Waals surface area contributed by atoms with Gasteiger partial charge in [-0.05, 0) is 66.8 Å². The van der Waals surface area contributed by atoms with Crippen molar-refractivity contribution in [2.24, 2.45) is 0 Å². The zero-order valence-corrected chi connectivity index (χ0v) is 23.1. The minimum Gasteiger partial charge on any atom is -0.490 e. The molecule has 196 valence electrons. The zero-order chi connectivity index (χ0) is 26.9. The molecule has 0 spiro atoms. The van der Waals surface area contributed by atoms with Crippen LogP contribution in [-0.4, -0.2) is 40.8 Å². The number of hydrogen-bond acceptors (Lipinski definition) is 6. The van der Waals surface area contributed by atoms with Crippen LogP contribution in [-0.2, 0) is 22.4 Å². The van der Waals surface area contributed by atoms with E-state index in [1.165, 1.54) is 17.3 Å². The van der Waals surface area contributed by atoms with Crippen molar-refractivity contribution in [3.05, 3.63) is 94.4 Å². The maximum Gasteiger partial charge on any atom is 0.266 e. The van der Waals surface area contributed by atoms with Crippen LogP contribution in [0.2, 0.25) is 0 Å². The van der Waals surface area contributed by atoms with E-state index < -0.39 is 0 Å². The lowest BCUT2D eigenvalue weighted by atomic mass is 10.1. The minimum atomic E-state index is -0.264. The standard InChI is InChI=1S/C30H30N2O4S2/c1-3-21-10-13-24(14-11-21)31-28(33)20-36-25-15-12-23(18-26(25)35-4-2)19-27-29(34)32(30(37)38-27)17-16-22-8-6-5-7-9-22/h5-15,18-19H,3-4,16-17,20H2,1-2H3,(H,31,33)/b27-19-. The van der Waals surface area contributed by atoms with E-state index in [-0.39, 0.29) is 18.4 Å². The number of aryl methyl sites for hydroxylation is 1. The van der Waals surface area contributed by atoms with Crippen molar-refractivity contribution in [1.29, 1.82) is 0 Å². The van der Waals surface area contributed by atoms with Crippen LogP contribution < -0.4 is 14.8 Å². The maximum atomic E-state index is 13.0. The van der Waals surface area contributed by atoms with E-state index in [4.69, 9.17) is 21.7 Å². The topological polar surface area (TPSA) is 67.9 Å². The number of nitrogens with one attached hydrogen (secondary N) is 1. The van der Waals surface area contributed by atoms with Crippen LogP contribution in [0.4, 0.5) is 5.69 Å². The van der Waals surface area contributed by atoms with E-state index in [0.717, 1.165) is 29.7 Å². The van der Waals surface area contributed by atoms with Crippen LogP contribution in [0.15, 0.2) is 77.7 Å². The summed E-state index contributed by atoms with van der Waals surface area (Å²) < 4.78 is 12.1. The fraction of sp³-hybridized carbons (Fsp3) is 0.233. The van der Waals surface area contributed by atoms with Gasteiger partial charge in [0.2, 0.25) is 0 Å². The van der Waals surface area contributed by atoms with E-state index in [1.54, 1.807) is 23.1 Å². The smallest absolute Gasteiger partial charge is 0.266 e. The Morgan fingerprint density at radius 2 is 1.74 bits per heavy atom. The van der Waals surface area contributed by atoms with Crippen molar-refractivity contribution in [1.82, 2.24) is 4.90 Å². The van der Waals surface area contributed by atoms with Crippen molar-refractivity contribution < 1.29 is 19.1 Å². The Kier molecular flexibility index (Phi) is 9.56. The summed E-state index contributed by atoms with van der Waals surface area (Å²) in [6, 6.07) is 23.1. The number of thioether (sulfide) groups is 1. The van der Waals surface area contributed by atoms with Crippen LogP contribution in [0.1, 0.15) is 30.5 Å². The third-order valence-electron chi connectivity index (χ3n) is 5.91. The van der Waals surface area contributed by atoms with Gasteiger partial charge in [0.05, 0.1) is 11.5 Å². The lowest BCUT2D eigenvalue weighted by Gasteiger charge is -2.14. The second kappa shape index (κ2) is 13.3. The van der Waals surface area contributed by atoms with E-state index in [2.05, 4.69) is 12.2 Å². The molecule has 3 aromatic carbocycles. The van der Waals surface area contributed by atoms with Crippen molar-refractivity contribution in [2.45, 2.75) is 26.7 Å². The van der Waals surface area contributed by atoms with Gasteiger partial charge in [-0.3, -0.25) is 14.5 Å². The third-order valence-corrected chi connectivity index (χ3v) is 7.29. The van der Waals surface area contributed by atoms with Gasteiger partial charge in [0, 0.05) is 12.2 Å². The molecule has 0 bridgehead atoms. The third kappa shape index (κ3) is 7.24. The summed E-state index contributed by atoms with van der Waals surface area (Å²) in [5.74, 6) is 0.592. The molecule has 1 N–H and O–H groups in total. The number of nitrogens with zero attached hydrogens (tertiary/aromatic N) is 1. The molecule has 3 aromatic rings. The first-order chi connectivity index (χ1) is 18.5. The molecule has 1 fully saturated rings. The predicted molar refractivity (Wildman–Crippen MR) is 158 cm³/mol. The number of thiocarbonyl (C=S) groups is 1. The van der Waals surface area contributed by atoms with Crippen molar-refractivity contribution in [3.63, 3.8) is 0 Å². The lowest BCUT2D eigenvalue weighted by Crippen LogP contribution is -2.30. The molecule has 1 aliphatic heterocycles. The van der Waals surface area contributed by atoms with Crippen LogP contribution >= 0.6 is 24.0 Å². The minimum absolute atomic E-state index is 0.0992. The van der Waals surface area contributed by atoms with Crippen molar-refractivity contribution in [2.75, 3.05) is 25.1 Å². The number of hydrogen-bond donors (Lipinski definition) is 1. The van der Waals surface area contributed by atoms with E-state index in [0.29, 0.717) is 33.9 Å². The molecule has 1 heterocycles. The summed E-state index contributed by atoms with van der Waals surface area (Å²) in [5.41, 5.74) is 3.86. The lowest BCUT2D eigenvalue weighted by molar-refractivity contribution is -0.122. The average molecular weight is 547 g/mol. The first-order valence-corrected chi connectivity index (χ1v) is 13.8. The molecule has 1 saturated heterocycles. The molecular weight excluding hydrogens is 516 g/mol. The first-order valence-electron chi connectivity index (χ1n) is 12.5. The van der Waals surface area contributed by atoms with Crippen LogP contribution in [0.3, 0.4) is 0 Å². The Balaban J connectivity index is 1.39. The SMILES string of the molecule is CCOc1cc(/C=C2\SC(=S)N(CCc3ccccc3)C2=O)ccc1OCC(=O)Nc1ccc(CC)cc1. The van der Waals surface area contributed by atoms with Crippen molar-refractivity contribution >= 4 is 51.9 Å². The summed E-state index contributed by atoms with van der Waals surface area (Å²) >= 11 is 6.77. The predicted octanol–water partition coefficient (Wildman–Crippen LogP) is 6.11. The molecule has 0 atom stereocenters. The monoisotopic (exact) mass is 546 g/mol. The van der Waals surface area contributed by atoms with Gasteiger partial charge in [-0.15, -0.1) is 0 Å². The number of anilines is 1.